The van der Waals surface area contributed by atoms with Crippen molar-refractivity contribution >= 4 is 12.0 Å². The molecule has 0 radical (unpaired) electrons. The minimum Gasteiger partial charge on any atom is -0.480 e. The van der Waals surface area contributed by atoms with Crippen molar-refractivity contribution in [2.24, 2.45) is 0 Å². The molecular formula is C13H23N3O4. The smallest absolute Gasteiger partial charge is 0.320 e. The van der Waals surface area contributed by atoms with E-state index in [-0.39, 0.29) is 25.2 Å². The Hall–Kier alpha value is -1.34. The Labute approximate surface area is 118 Å². The van der Waals surface area contributed by atoms with E-state index in [4.69, 9.17) is 10.2 Å². The van der Waals surface area contributed by atoms with Gasteiger partial charge in [0.15, 0.2) is 0 Å². The van der Waals surface area contributed by atoms with Gasteiger partial charge < -0.3 is 20.0 Å². The van der Waals surface area contributed by atoms with Gasteiger partial charge in [0.25, 0.3) is 0 Å². The predicted octanol–water partition coefficient (Wildman–Crippen LogP) is -0.345. The number of carbonyl (C=O) groups excluding carboxylic acids is 1. The van der Waals surface area contributed by atoms with Gasteiger partial charge in [0.1, 0.15) is 0 Å². The lowest BCUT2D eigenvalue weighted by molar-refractivity contribution is -0.138. The summed E-state index contributed by atoms with van der Waals surface area (Å²) in [5, 5.41) is 17.9. The van der Waals surface area contributed by atoms with E-state index >= 15 is 0 Å². The lowest BCUT2D eigenvalue weighted by atomic mass is 10.4. The molecule has 0 bridgehead atoms. The molecule has 7 heteroatoms. The van der Waals surface area contributed by atoms with Gasteiger partial charge in [-0.2, -0.15) is 0 Å². The van der Waals surface area contributed by atoms with Gasteiger partial charge in [-0.05, 0) is 19.3 Å². The van der Waals surface area contributed by atoms with Gasteiger partial charge >= 0.3 is 12.0 Å². The zero-order valence-corrected chi connectivity index (χ0v) is 11.7. The van der Waals surface area contributed by atoms with Crippen LogP contribution in [0, 0.1) is 0 Å². The van der Waals surface area contributed by atoms with Crippen LogP contribution < -0.4 is 0 Å². The van der Waals surface area contributed by atoms with E-state index in [2.05, 4.69) is 0 Å². The van der Waals surface area contributed by atoms with Crippen molar-refractivity contribution in [1.29, 1.82) is 0 Å². The van der Waals surface area contributed by atoms with Gasteiger partial charge in [-0.1, -0.05) is 0 Å². The number of hydrogen-bond acceptors (Lipinski definition) is 4. The fraction of sp³-hybridized carbons (Fsp3) is 0.846. The lowest BCUT2D eigenvalue weighted by Gasteiger charge is -2.29. The van der Waals surface area contributed by atoms with Crippen LogP contribution in [0.25, 0.3) is 0 Å². The summed E-state index contributed by atoms with van der Waals surface area (Å²) in [7, 11) is 0. The zero-order chi connectivity index (χ0) is 14.5. The number of hydrogen-bond donors (Lipinski definition) is 2. The van der Waals surface area contributed by atoms with Crippen LogP contribution in [-0.2, 0) is 4.79 Å². The number of urea groups is 1. The van der Waals surface area contributed by atoms with Gasteiger partial charge in [-0.15, -0.1) is 0 Å². The first-order valence-electron chi connectivity index (χ1n) is 7.22. The summed E-state index contributed by atoms with van der Waals surface area (Å²) in [6, 6.07) is 0.270. The summed E-state index contributed by atoms with van der Waals surface area (Å²) in [5.41, 5.74) is 0. The lowest BCUT2D eigenvalue weighted by Crippen LogP contribution is -2.47. The molecule has 0 aromatic carbocycles. The first-order valence-corrected chi connectivity index (χ1v) is 7.22. The minimum atomic E-state index is -0.829. The molecular weight excluding hydrogens is 262 g/mol. The molecule has 1 aliphatic carbocycles. The van der Waals surface area contributed by atoms with Crippen LogP contribution in [0.4, 0.5) is 4.79 Å². The number of rotatable bonds is 5. The van der Waals surface area contributed by atoms with E-state index in [9.17, 15) is 9.59 Å². The second kappa shape index (κ2) is 6.90. The Morgan fingerprint density at radius 3 is 2.50 bits per heavy atom. The van der Waals surface area contributed by atoms with Gasteiger partial charge in [0.2, 0.25) is 0 Å². The second-order valence-corrected chi connectivity index (χ2v) is 5.44. The highest BCUT2D eigenvalue weighted by molar-refractivity contribution is 5.75. The SMILES string of the molecule is O=C(O)CN1CCCN(C(=O)N(CCO)C2CC2)CC1. The average molecular weight is 285 g/mol. The van der Waals surface area contributed by atoms with E-state index in [0.29, 0.717) is 32.7 Å². The Kier molecular flexibility index (Phi) is 5.19. The standard InChI is InChI=1S/C13H23N3O4/c17-9-8-16(11-2-3-11)13(20)15-5-1-4-14(6-7-15)10-12(18)19/h11,17H,1-10H2,(H,18,19). The molecule has 2 amide bonds. The summed E-state index contributed by atoms with van der Waals surface area (Å²) in [4.78, 5) is 28.6. The molecule has 0 spiro atoms. The summed E-state index contributed by atoms with van der Waals surface area (Å²) in [5.74, 6) is -0.829. The second-order valence-electron chi connectivity index (χ2n) is 5.44. The number of nitrogens with zero attached hydrogens (tertiary/aromatic N) is 3. The first-order chi connectivity index (χ1) is 9.61. The van der Waals surface area contributed by atoms with Crippen molar-refractivity contribution < 1.29 is 19.8 Å². The van der Waals surface area contributed by atoms with Crippen LogP contribution in [0.2, 0.25) is 0 Å². The largest absolute Gasteiger partial charge is 0.480 e. The third kappa shape index (κ3) is 4.08. The predicted molar refractivity (Wildman–Crippen MR) is 72.5 cm³/mol. The normalized spacial score (nSPS) is 20.6. The van der Waals surface area contributed by atoms with Crippen LogP contribution in [0.15, 0.2) is 0 Å². The first kappa shape index (κ1) is 15.1. The van der Waals surface area contributed by atoms with E-state index in [1.807, 2.05) is 4.90 Å². The zero-order valence-electron chi connectivity index (χ0n) is 11.7. The number of aliphatic hydroxyl groups excluding tert-OH is 1. The van der Waals surface area contributed by atoms with Crippen LogP contribution in [0.5, 0.6) is 0 Å². The Bertz CT molecular complexity index is 360. The minimum absolute atomic E-state index is 0.0127. The monoisotopic (exact) mass is 285 g/mol. The number of carboxylic acid groups (broad SMARTS) is 1. The molecule has 1 heterocycles. The van der Waals surface area contributed by atoms with Crippen molar-refractivity contribution in [2.45, 2.75) is 25.3 Å². The Morgan fingerprint density at radius 2 is 1.90 bits per heavy atom. The van der Waals surface area contributed by atoms with Gasteiger partial charge in [0, 0.05) is 38.8 Å². The molecule has 0 aromatic rings. The molecule has 2 fully saturated rings. The van der Waals surface area contributed by atoms with Crippen molar-refractivity contribution in [3.05, 3.63) is 0 Å². The van der Waals surface area contributed by atoms with E-state index < -0.39 is 5.97 Å². The molecule has 7 nitrogen and oxygen atoms in total. The van der Waals surface area contributed by atoms with Crippen LogP contribution in [0.3, 0.4) is 0 Å². The number of carbonyl (C=O) groups is 2. The summed E-state index contributed by atoms with van der Waals surface area (Å²) >= 11 is 0. The highest BCUT2D eigenvalue weighted by atomic mass is 16.4. The topological polar surface area (TPSA) is 84.3 Å². The third-order valence-electron chi connectivity index (χ3n) is 3.79. The summed E-state index contributed by atoms with van der Waals surface area (Å²) < 4.78 is 0. The number of aliphatic carboxylic acids is 1. The maximum absolute atomic E-state index is 12.5. The number of amides is 2. The molecule has 20 heavy (non-hydrogen) atoms. The van der Waals surface area contributed by atoms with Crippen molar-refractivity contribution in [2.75, 3.05) is 45.9 Å². The van der Waals surface area contributed by atoms with Crippen molar-refractivity contribution in [1.82, 2.24) is 14.7 Å². The molecule has 0 aromatic heterocycles. The van der Waals surface area contributed by atoms with Crippen molar-refractivity contribution in [3.63, 3.8) is 0 Å². The summed E-state index contributed by atoms with van der Waals surface area (Å²) in [6.45, 7) is 2.92. The highest BCUT2D eigenvalue weighted by Gasteiger charge is 2.34. The Balaban J connectivity index is 1.88. The van der Waals surface area contributed by atoms with E-state index in [1.54, 1.807) is 9.80 Å². The average Bonchev–Trinajstić information content (AvgIpc) is 3.21. The fourth-order valence-electron chi connectivity index (χ4n) is 2.62. The molecule has 1 aliphatic heterocycles. The van der Waals surface area contributed by atoms with Crippen molar-refractivity contribution in [3.8, 4) is 0 Å². The number of aliphatic hydroxyl groups is 1. The maximum atomic E-state index is 12.5. The van der Waals surface area contributed by atoms with E-state index in [1.165, 1.54) is 0 Å². The molecule has 0 unspecified atom stereocenters. The number of carboxylic acids is 1. The molecule has 1 saturated carbocycles. The van der Waals surface area contributed by atoms with Crippen LogP contribution in [-0.4, -0.2) is 88.8 Å². The molecule has 2 aliphatic rings. The summed E-state index contributed by atoms with van der Waals surface area (Å²) in [6.07, 6.45) is 2.83. The van der Waals surface area contributed by atoms with Crippen LogP contribution >= 0.6 is 0 Å². The van der Waals surface area contributed by atoms with Gasteiger partial charge in [-0.25, -0.2) is 4.79 Å². The quantitative estimate of drug-likeness (QED) is 0.721. The fourth-order valence-corrected chi connectivity index (χ4v) is 2.62. The van der Waals surface area contributed by atoms with E-state index in [0.717, 1.165) is 19.3 Å². The molecule has 1 saturated heterocycles. The van der Waals surface area contributed by atoms with Gasteiger partial charge in [0.05, 0.1) is 13.2 Å². The molecule has 2 N–H and O–H groups in total. The molecule has 114 valence electrons. The Morgan fingerprint density at radius 1 is 1.15 bits per heavy atom. The third-order valence-corrected chi connectivity index (χ3v) is 3.79. The molecule has 0 atom stereocenters. The molecule has 2 rings (SSSR count). The maximum Gasteiger partial charge on any atom is 0.320 e. The van der Waals surface area contributed by atoms with Crippen LogP contribution in [0.1, 0.15) is 19.3 Å². The van der Waals surface area contributed by atoms with Gasteiger partial charge in [-0.3, -0.25) is 9.69 Å². The highest BCUT2D eigenvalue weighted by Crippen LogP contribution is 2.27.